The van der Waals surface area contributed by atoms with Gasteiger partial charge in [0.25, 0.3) is 0 Å². The highest BCUT2D eigenvalue weighted by Gasteiger charge is 2.17. The molecule has 0 aliphatic carbocycles. The van der Waals surface area contributed by atoms with Gasteiger partial charge in [0.2, 0.25) is 0 Å². The summed E-state index contributed by atoms with van der Waals surface area (Å²) in [5, 5.41) is 3.25. The van der Waals surface area contributed by atoms with Crippen molar-refractivity contribution in [2.75, 3.05) is 18.5 Å². The van der Waals surface area contributed by atoms with Crippen molar-refractivity contribution in [3.63, 3.8) is 0 Å². The number of hydrogen-bond donors (Lipinski definition) is 1. The molecule has 0 saturated heterocycles. The van der Waals surface area contributed by atoms with E-state index >= 15 is 0 Å². The van der Waals surface area contributed by atoms with Gasteiger partial charge in [0.05, 0.1) is 5.69 Å². The first kappa shape index (κ1) is 13.6. The quantitative estimate of drug-likeness (QED) is 0.779. The number of pyridine rings is 1. The van der Waals surface area contributed by atoms with E-state index < -0.39 is 0 Å². The van der Waals surface area contributed by atoms with Crippen LogP contribution in [0.2, 0.25) is 0 Å². The summed E-state index contributed by atoms with van der Waals surface area (Å²) >= 11 is 0. The van der Waals surface area contributed by atoms with Crippen molar-refractivity contribution >= 4 is 17.2 Å². The second-order valence-corrected chi connectivity index (χ2v) is 4.92. The second kappa shape index (κ2) is 5.97. The topological polar surface area (TPSA) is 32.6 Å². The number of rotatable bonds is 5. The monoisotopic (exact) mass is 280 g/mol. The molecule has 3 aromatic rings. The molecule has 3 rings (SSSR count). The van der Waals surface area contributed by atoms with Crippen LogP contribution in [0.4, 0.5) is 11.5 Å². The summed E-state index contributed by atoms with van der Waals surface area (Å²) in [6.07, 6.45) is 2.07. The third-order valence-corrected chi connectivity index (χ3v) is 3.59. The van der Waals surface area contributed by atoms with Crippen molar-refractivity contribution in [2.24, 2.45) is 0 Å². The minimum Gasteiger partial charge on any atom is -0.325 e. The highest BCUT2D eigenvalue weighted by Crippen LogP contribution is 2.28. The van der Waals surface area contributed by atoms with Crippen molar-refractivity contribution in [3.05, 3.63) is 60.4 Å². The molecule has 21 heavy (non-hydrogen) atoms. The molecule has 2 aromatic heterocycles. The summed E-state index contributed by atoms with van der Waals surface area (Å²) in [5.41, 5.74) is 3.33. The minimum absolute atomic E-state index is 0.782. The maximum Gasteiger partial charge on any atom is 0.156 e. The van der Waals surface area contributed by atoms with Crippen molar-refractivity contribution < 1.29 is 0 Å². The molecule has 0 saturated carbocycles. The molecule has 0 amide bonds. The summed E-state index contributed by atoms with van der Waals surface area (Å²) < 4.78 is 2.15. The van der Waals surface area contributed by atoms with Crippen molar-refractivity contribution in [1.29, 1.82) is 0 Å². The summed E-state index contributed by atoms with van der Waals surface area (Å²) in [6.45, 7) is 3.81. The standard InChI is InChI=1S/C17H20N4/c1-3-20(14-9-5-4-6-10-14)17-15(13-18-2)21-12-8-7-11-16(21)19-17/h4-12,18H,3,13H2,1-2H3. The molecule has 0 aliphatic rings. The van der Waals surface area contributed by atoms with Crippen LogP contribution in [-0.4, -0.2) is 23.0 Å². The lowest BCUT2D eigenvalue weighted by Gasteiger charge is -2.22. The predicted octanol–water partition coefficient (Wildman–Crippen LogP) is 3.21. The number of benzene rings is 1. The Labute approximate surface area is 125 Å². The number of aromatic nitrogens is 2. The van der Waals surface area contributed by atoms with E-state index in [1.165, 1.54) is 11.4 Å². The largest absolute Gasteiger partial charge is 0.325 e. The Morgan fingerprint density at radius 3 is 2.57 bits per heavy atom. The van der Waals surface area contributed by atoms with Crippen LogP contribution >= 0.6 is 0 Å². The van der Waals surface area contributed by atoms with Gasteiger partial charge in [-0.3, -0.25) is 0 Å². The number of nitrogens with zero attached hydrogens (tertiary/aromatic N) is 3. The van der Waals surface area contributed by atoms with Crippen LogP contribution in [0.15, 0.2) is 54.7 Å². The molecule has 0 atom stereocenters. The third-order valence-electron chi connectivity index (χ3n) is 3.59. The molecular weight excluding hydrogens is 260 g/mol. The Morgan fingerprint density at radius 1 is 1.10 bits per heavy atom. The van der Waals surface area contributed by atoms with Crippen LogP contribution < -0.4 is 10.2 Å². The number of hydrogen-bond acceptors (Lipinski definition) is 3. The minimum atomic E-state index is 0.782. The number of fused-ring (bicyclic) bond motifs is 1. The molecule has 0 unspecified atom stereocenters. The van der Waals surface area contributed by atoms with Gasteiger partial charge in [-0.1, -0.05) is 24.3 Å². The first-order valence-electron chi connectivity index (χ1n) is 7.28. The van der Waals surface area contributed by atoms with Gasteiger partial charge in [-0.15, -0.1) is 0 Å². The van der Waals surface area contributed by atoms with E-state index in [9.17, 15) is 0 Å². The van der Waals surface area contributed by atoms with E-state index in [2.05, 4.69) is 52.0 Å². The van der Waals surface area contributed by atoms with E-state index in [-0.39, 0.29) is 0 Å². The average molecular weight is 280 g/mol. The normalized spacial score (nSPS) is 11.0. The highest BCUT2D eigenvalue weighted by atomic mass is 15.2. The lowest BCUT2D eigenvalue weighted by molar-refractivity contribution is 0.777. The van der Waals surface area contributed by atoms with Gasteiger partial charge >= 0.3 is 0 Å². The van der Waals surface area contributed by atoms with E-state index in [1.807, 2.05) is 31.3 Å². The number of para-hydroxylation sites is 1. The molecule has 108 valence electrons. The maximum absolute atomic E-state index is 4.83. The molecule has 4 heteroatoms. The van der Waals surface area contributed by atoms with Crippen molar-refractivity contribution in [1.82, 2.24) is 14.7 Å². The number of anilines is 2. The first-order chi connectivity index (χ1) is 10.3. The van der Waals surface area contributed by atoms with Crippen molar-refractivity contribution in [2.45, 2.75) is 13.5 Å². The summed E-state index contributed by atoms with van der Waals surface area (Å²) in [4.78, 5) is 7.08. The van der Waals surface area contributed by atoms with Crippen LogP contribution in [0.25, 0.3) is 5.65 Å². The zero-order valence-corrected chi connectivity index (χ0v) is 12.5. The predicted molar refractivity (Wildman–Crippen MR) is 87.1 cm³/mol. The van der Waals surface area contributed by atoms with E-state index in [4.69, 9.17) is 4.98 Å². The fourth-order valence-corrected chi connectivity index (χ4v) is 2.64. The van der Waals surface area contributed by atoms with Gasteiger partial charge in [0.1, 0.15) is 5.65 Å². The first-order valence-corrected chi connectivity index (χ1v) is 7.28. The summed E-state index contributed by atoms with van der Waals surface area (Å²) in [7, 11) is 1.96. The van der Waals surface area contributed by atoms with Crippen LogP contribution in [0.1, 0.15) is 12.6 Å². The van der Waals surface area contributed by atoms with Gasteiger partial charge in [0.15, 0.2) is 5.82 Å². The van der Waals surface area contributed by atoms with Crippen molar-refractivity contribution in [3.8, 4) is 0 Å². The van der Waals surface area contributed by atoms with Crippen LogP contribution in [0.5, 0.6) is 0 Å². The van der Waals surface area contributed by atoms with E-state index in [1.54, 1.807) is 0 Å². The SMILES string of the molecule is CCN(c1ccccc1)c1nc2ccccn2c1CNC. The molecular formula is C17H20N4. The molecule has 0 bridgehead atoms. The lowest BCUT2D eigenvalue weighted by Crippen LogP contribution is -2.20. The van der Waals surface area contributed by atoms with Gasteiger partial charge in [-0.25, -0.2) is 4.98 Å². The Hall–Kier alpha value is -2.33. The molecule has 0 aliphatic heterocycles. The zero-order valence-electron chi connectivity index (χ0n) is 12.5. The highest BCUT2D eigenvalue weighted by molar-refractivity contribution is 5.65. The van der Waals surface area contributed by atoms with Crippen LogP contribution in [0.3, 0.4) is 0 Å². The van der Waals surface area contributed by atoms with Gasteiger partial charge < -0.3 is 14.6 Å². The third kappa shape index (κ3) is 2.50. The van der Waals surface area contributed by atoms with Crippen LogP contribution in [0, 0.1) is 0 Å². The Kier molecular flexibility index (Phi) is 3.88. The second-order valence-electron chi connectivity index (χ2n) is 4.92. The Balaban J connectivity index is 2.15. The fourth-order valence-electron chi connectivity index (χ4n) is 2.64. The average Bonchev–Trinajstić information content (AvgIpc) is 2.89. The molecule has 0 spiro atoms. The van der Waals surface area contributed by atoms with E-state index in [0.29, 0.717) is 0 Å². The smallest absolute Gasteiger partial charge is 0.156 e. The molecule has 4 nitrogen and oxygen atoms in total. The zero-order chi connectivity index (χ0) is 14.7. The molecule has 0 radical (unpaired) electrons. The Morgan fingerprint density at radius 2 is 1.86 bits per heavy atom. The van der Waals surface area contributed by atoms with Gasteiger partial charge in [-0.2, -0.15) is 0 Å². The summed E-state index contributed by atoms with van der Waals surface area (Å²) in [6, 6.07) is 16.5. The Bertz CT molecular complexity index is 718. The maximum atomic E-state index is 4.83. The molecule has 1 N–H and O–H groups in total. The molecule has 1 aromatic carbocycles. The summed E-state index contributed by atoms with van der Waals surface area (Å²) in [5.74, 6) is 1.02. The van der Waals surface area contributed by atoms with E-state index in [0.717, 1.165) is 24.6 Å². The lowest BCUT2D eigenvalue weighted by atomic mass is 10.2. The number of imidazole rings is 1. The van der Waals surface area contributed by atoms with Gasteiger partial charge in [0, 0.05) is 25.0 Å². The number of nitrogens with one attached hydrogen (secondary N) is 1. The van der Waals surface area contributed by atoms with Crippen LogP contribution in [-0.2, 0) is 6.54 Å². The fraction of sp³-hybridized carbons (Fsp3) is 0.235. The van der Waals surface area contributed by atoms with Gasteiger partial charge in [-0.05, 0) is 38.2 Å². The molecule has 2 heterocycles. The molecule has 0 fully saturated rings.